The molecule has 0 saturated carbocycles. The molecule has 1 aromatic heterocycles. The number of pyridine rings is 1. The van der Waals surface area contributed by atoms with Crippen molar-refractivity contribution >= 4 is 18.2 Å². The van der Waals surface area contributed by atoms with E-state index in [2.05, 4.69) is 46.2 Å². The van der Waals surface area contributed by atoms with E-state index in [1.54, 1.807) is 0 Å². The number of anilines is 1. The number of nitrogens with one attached hydrogen (secondary N) is 1. The molecule has 0 spiro atoms. The second kappa shape index (κ2) is 12.6. The van der Waals surface area contributed by atoms with E-state index in [-0.39, 0.29) is 12.4 Å². The Morgan fingerprint density at radius 1 is 0.967 bits per heavy atom. The van der Waals surface area contributed by atoms with Crippen LogP contribution in [0.4, 0.5) is 5.82 Å². The molecular weight excluding hydrogens is 400 g/mol. The number of aromatic nitrogens is 1. The number of rotatable bonds is 10. The second-order valence-electron chi connectivity index (χ2n) is 7.41. The highest BCUT2D eigenvalue weighted by Gasteiger charge is 2.18. The van der Waals surface area contributed by atoms with Gasteiger partial charge >= 0.3 is 0 Å². The monoisotopic (exact) mass is 434 g/mol. The lowest BCUT2D eigenvalue weighted by Gasteiger charge is -2.34. The molecule has 0 bridgehead atoms. The van der Waals surface area contributed by atoms with Crippen LogP contribution in [0.3, 0.4) is 0 Å². The third kappa shape index (κ3) is 6.49. The smallest absolute Gasteiger partial charge is 0.165 e. The van der Waals surface area contributed by atoms with Gasteiger partial charge in [-0.2, -0.15) is 0 Å². The average Bonchev–Trinajstić information content (AvgIpc) is 2.74. The lowest BCUT2D eigenvalue weighted by Crippen LogP contribution is -2.45. The van der Waals surface area contributed by atoms with E-state index in [0.29, 0.717) is 13.2 Å². The van der Waals surface area contributed by atoms with Crippen molar-refractivity contribution in [2.24, 2.45) is 0 Å². The lowest BCUT2D eigenvalue weighted by molar-refractivity contribution is 0.274. The van der Waals surface area contributed by atoms with Gasteiger partial charge in [-0.15, -0.1) is 12.4 Å². The first kappa shape index (κ1) is 24.3. The van der Waals surface area contributed by atoms with Crippen LogP contribution in [0.5, 0.6) is 11.5 Å². The van der Waals surface area contributed by atoms with E-state index in [9.17, 15) is 0 Å². The second-order valence-corrected chi connectivity index (χ2v) is 7.41. The Morgan fingerprint density at radius 3 is 2.43 bits per heavy atom. The largest absolute Gasteiger partial charge is 0.490 e. The van der Waals surface area contributed by atoms with Crippen LogP contribution in [0.25, 0.3) is 0 Å². The van der Waals surface area contributed by atoms with Crippen molar-refractivity contribution in [3.63, 3.8) is 0 Å². The highest BCUT2D eigenvalue weighted by Crippen LogP contribution is 2.31. The zero-order valence-corrected chi connectivity index (χ0v) is 19.2. The first-order valence-corrected chi connectivity index (χ1v) is 10.7. The summed E-state index contributed by atoms with van der Waals surface area (Å²) in [4.78, 5) is 9.43. The number of benzene rings is 1. The van der Waals surface area contributed by atoms with Gasteiger partial charge in [0.25, 0.3) is 0 Å². The van der Waals surface area contributed by atoms with E-state index in [4.69, 9.17) is 9.47 Å². The van der Waals surface area contributed by atoms with Crippen molar-refractivity contribution in [2.45, 2.75) is 33.4 Å². The zero-order chi connectivity index (χ0) is 20.5. The van der Waals surface area contributed by atoms with Crippen molar-refractivity contribution in [3.05, 3.63) is 47.7 Å². The van der Waals surface area contributed by atoms with Crippen LogP contribution < -0.4 is 19.7 Å². The minimum absolute atomic E-state index is 0. The standard InChI is InChI=1S/C23H34N4O2.ClH/c1-4-16-29-22-19(8-6-10-21(22)28-5-2)17-24-18-20-9-7-11-25-23(20)27-14-12-26(3)13-15-27;/h6-11,24H,4-5,12-18H2,1-3H3;1H. The number of piperazine rings is 1. The number of para-hydroxylation sites is 1. The fraction of sp³-hybridized carbons (Fsp3) is 0.522. The first-order chi connectivity index (χ1) is 14.2. The van der Waals surface area contributed by atoms with Crippen LogP contribution in [0.1, 0.15) is 31.4 Å². The van der Waals surface area contributed by atoms with Crippen LogP contribution in [0, 0.1) is 0 Å². The molecule has 166 valence electrons. The molecule has 1 N–H and O–H groups in total. The van der Waals surface area contributed by atoms with E-state index in [1.807, 2.05) is 31.3 Å². The zero-order valence-electron chi connectivity index (χ0n) is 18.4. The Morgan fingerprint density at radius 2 is 1.70 bits per heavy atom. The van der Waals surface area contributed by atoms with Gasteiger partial charge in [-0.3, -0.25) is 0 Å². The summed E-state index contributed by atoms with van der Waals surface area (Å²) in [7, 11) is 2.17. The SMILES string of the molecule is CCCOc1c(CNCc2cccnc2N2CCN(C)CC2)cccc1OCC.Cl. The topological polar surface area (TPSA) is 49.9 Å². The first-order valence-electron chi connectivity index (χ1n) is 10.7. The maximum Gasteiger partial charge on any atom is 0.165 e. The van der Waals surface area contributed by atoms with E-state index < -0.39 is 0 Å². The molecule has 1 aliphatic heterocycles. The summed E-state index contributed by atoms with van der Waals surface area (Å²) in [6.07, 6.45) is 2.86. The number of hydrogen-bond donors (Lipinski definition) is 1. The molecule has 7 heteroatoms. The van der Waals surface area contributed by atoms with Gasteiger partial charge in [-0.1, -0.05) is 25.1 Å². The summed E-state index contributed by atoms with van der Waals surface area (Å²) in [5, 5.41) is 3.58. The molecule has 30 heavy (non-hydrogen) atoms. The molecule has 1 aliphatic rings. The van der Waals surface area contributed by atoms with Crippen molar-refractivity contribution < 1.29 is 9.47 Å². The van der Waals surface area contributed by atoms with Gasteiger partial charge in [0.1, 0.15) is 5.82 Å². The summed E-state index contributed by atoms with van der Waals surface area (Å²) in [6.45, 7) is 11.1. The summed E-state index contributed by atoms with van der Waals surface area (Å²) < 4.78 is 11.8. The summed E-state index contributed by atoms with van der Waals surface area (Å²) >= 11 is 0. The highest BCUT2D eigenvalue weighted by molar-refractivity contribution is 5.85. The van der Waals surface area contributed by atoms with Crippen LogP contribution in [-0.2, 0) is 13.1 Å². The molecule has 1 fully saturated rings. The molecule has 2 heterocycles. The highest BCUT2D eigenvalue weighted by atomic mass is 35.5. The van der Waals surface area contributed by atoms with Crippen LogP contribution in [0.15, 0.2) is 36.5 Å². The van der Waals surface area contributed by atoms with Gasteiger partial charge in [0.2, 0.25) is 0 Å². The van der Waals surface area contributed by atoms with Gasteiger partial charge in [-0.05, 0) is 32.5 Å². The quantitative estimate of drug-likeness (QED) is 0.614. The third-order valence-electron chi connectivity index (χ3n) is 5.11. The minimum atomic E-state index is 0. The van der Waals surface area contributed by atoms with Gasteiger partial charge in [0.05, 0.1) is 13.2 Å². The summed E-state index contributed by atoms with van der Waals surface area (Å²) in [5.74, 6) is 2.77. The van der Waals surface area contributed by atoms with E-state index in [0.717, 1.165) is 68.6 Å². The Labute approximate surface area is 187 Å². The van der Waals surface area contributed by atoms with Crippen LogP contribution >= 0.6 is 12.4 Å². The number of nitrogens with zero attached hydrogens (tertiary/aromatic N) is 3. The van der Waals surface area contributed by atoms with Gasteiger partial charge in [0, 0.05) is 56.6 Å². The molecule has 0 aliphatic carbocycles. The van der Waals surface area contributed by atoms with Crippen molar-refractivity contribution in [3.8, 4) is 11.5 Å². The van der Waals surface area contributed by atoms with E-state index >= 15 is 0 Å². The molecule has 3 rings (SSSR count). The Bertz CT molecular complexity index is 767. The fourth-order valence-corrected chi connectivity index (χ4v) is 3.54. The van der Waals surface area contributed by atoms with Gasteiger partial charge in [0.15, 0.2) is 11.5 Å². The van der Waals surface area contributed by atoms with Gasteiger partial charge < -0.3 is 24.6 Å². The summed E-state index contributed by atoms with van der Waals surface area (Å²) in [6, 6.07) is 10.3. The maximum absolute atomic E-state index is 6.01. The molecule has 0 radical (unpaired) electrons. The summed E-state index contributed by atoms with van der Waals surface area (Å²) in [5.41, 5.74) is 2.35. The van der Waals surface area contributed by atoms with Crippen molar-refractivity contribution in [2.75, 3.05) is 51.3 Å². The molecule has 0 atom stereocenters. The minimum Gasteiger partial charge on any atom is -0.490 e. The van der Waals surface area contributed by atoms with Gasteiger partial charge in [-0.25, -0.2) is 4.98 Å². The molecule has 2 aromatic rings. The predicted octanol–water partition coefficient (Wildman–Crippen LogP) is 3.73. The normalized spacial score (nSPS) is 14.3. The van der Waals surface area contributed by atoms with Crippen molar-refractivity contribution in [1.82, 2.24) is 15.2 Å². The molecule has 0 unspecified atom stereocenters. The molecule has 0 amide bonds. The van der Waals surface area contributed by atoms with Crippen LogP contribution in [-0.4, -0.2) is 56.3 Å². The van der Waals surface area contributed by atoms with E-state index in [1.165, 1.54) is 5.56 Å². The number of ether oxygens (including phenoxy) is 2. The van der Waals surface area contributed by atoms with Crippen LogP contribution in [0.2, 0.25) is 0 Å². The average molecular weight is 435 g/mol. The fourth-order valence-electron chi connectivity index (χ4n) is 3.54. The maximum atomic E-state index is 6.01. The Kier molecular flexibility index (Phi) is 10.2. The molecule has 6 nitrogen and oxygen atoms in total. The molecule has 1 aromatic carbocycles. The molecular formula is C23H35ClN4O2. The van der Waals surface area contributed by atoms with Crippen molar-refractivity contribution in [1.29, 1.82) is 0 Å². The number of hydrogen-bond acceptors (Lipinski definition) is 6. The molecule has 1 saturated heterocycles. The number of halogens is 1. The number of likely N-dealkylation sites (N-methyl/N-ethyl adjacent to an activating group) is 1. The lowest BCUT2D eigenvalue weighted by atomic mass is 10.1. The Hall–Kier alpha value is -2.02. The Balaban J connectivity index is 0.00000320. The predicted molar refractivity (Wildman–Crippen MR) is 125 cm³/mol. The third-order valence-corrected chi connectivity index (χ3v) is 5.11.